The molecule has 1 nitrogen and oxygen atoms in total. The molecule has 0 amide bonds. The second-order valence-electron chi connectivity index (χ2n) is 2.50. The Hall–Kier alpha value is -0.765. The first kappa shape index (κ1) is 13.8. The van der Waals surface area contributed by atoms with Gasteiger partial charge in [-0.25, -0.2) is 0 Å². The van der Waals surface area contributed by atoms with Gasteiger partial charge in [0.25, 0.3) is 0 Å². The Morgan fingerprint density at radius 1 is 1.08 bits per heavy atom. The fourth-order valence-corrected chi connectivity index (χ4v) is 0.447. The van der Waals surface area contributed by atoms with E-state index in [1.807, 2.05) is 32.5 Å². The lowest BCUT2D eigenvalue weighted by Gasteiger charge is -1.94. The van der Waals surface area contributed by atoms with Crippen molar-refractivity contribution < 1.29 is 21.8 Å². The Labute approximate surface area is 69.5 Å². The summed E-state index contributed by atoms with van der Waals surface area (Å²) in [7, 11) is -2.07. The summed E-state index contributed by atoms with van der Waals surface area (Å²) in [6.07, 6.45) is 0. The molecule has 0 saturated heterocycles. The molecule has 0 radical (unpaired) electrons. The van der Waals surface area contributed by atoms with E-state index in [2.05, 4.69) is 5.87 Å². The third-order valence-electron chi connectivity index (χ3n) is 0.447. The van der Waals surface area contributed by atoms with Crippen LogP contribution in [0.3, 0.4) is 0 Å². The van der Waals surface area contributed by atoms with E-state index in [9.17, 15) is 17.3 Å². The lowest BCUT2D eigenvalue weighted by molar-refractivity contribution is -0.457. The maximum atomic E-state index is 9.75. The van der Waals surface area contributed by atoms with Crippen molar-refractivity contribution in [2.45, 2.75) is 13.8 Å². The van der Waals surface area contributed by atoms with Crippen LogP contribution in [0.25, 0.3) is 0 Å². The van der Waals surface area contributed by atoms with Crippen molar-refractivity contribution in [2.24, 2.45) is 0 Å². The van der Waals surface area contributed by atoms with Gasteiger partial charge >= 0.3 is 7.25 Å². The first-order chi connectivity index (χ1) is 5.13. The summed E-state index contributed by atoms with van der Waals surface area (Å²) < 4.78 is 40.9. The molecule has 0 aromatic heterocycles. The minimum Gasteiger partial charge on any atom is -0.418 e. The van der Waals surface area contributed by atoms with Crippen LogP contribution in [0, 0.1) is 0 Å². The van der Waals surface area contributed by atoms with E-state index in [-0.39, 0.29) is 0 Å². The largest absolute Gasteiger partial charge is 0.673 e. The molecule has 0 rings (SSSR count). The molecule has 12 heavy (non-hydrogen) atoms. The third-order valence-corrected chi connectivity index (χ3v) is 0.447. The van der Waals surface area contributed by atoms with Crippen LogP contribution in [0.2, 0.25) is 0 Å². The van der Waals surface area contributed by atoms with E-state index in [1.54, 1.807) is 0 Å². The normalized spacial score (nSPS) is 9.33. The van der Waals surface area contributed by atoms with Gasteiger partial charge in [0.05, 0.1) is 0 Å². The van der Waals surface area contributed by atoms with Crippen molar-refractivity contribution in [2.75, 3.05) is 14.1 Å². The van der Waals surface area contributed by atoms with Crippen molar-refractivity contribution in [3.8, 4) is 0 Å². The zero-order chi connectivity index (χ0) is 10.4. The minimum atomic E-state index is -6.00. The van der Waals surface area contributed by atoms with E-state index in [0.717, 1.165) is 0 Å². The number of nitrogens with zero attached hydrogens (tertiary/aromatic N) is 1. The molecule has 0 bridgehead atoms. The maximum Gasteiger partial charge on any atom is 0.673 e. The van der Waals surface area contributed by atoms with Crippen LogP contribution < -0.4 is 0 Å². The molecule has 0 aliphatic rings. The van der Waals surface area contributed by atoms with E-state index >= 15 is 0 Å². The monoisotopic (exact) mass is 185 g/mol. The van der Waals surface area contributed by atoms with Gasteiger partial charge in [0.2, 0.25) is 0 Å². The van der Waals surface area contributed by atoms with Gasteiger partial charge in [-0.05, 0) is 13.8 Å². The molecule has 0 saturated carbocycles. The fourth-order valence-electron chi connectivity index (χ4n) is 0.447. The van der Waals surface area contributed by atoms with Crippen LogP contribution >= 0.6 is 0 Å². The Bertz CT molecular complexity index is 164. The van der Waals surface area contributed by atoms with Gasteiger partial charge in [-0.15, -0.1) is 0 Å². The molecule has 0 N–H and O–H groups in total. The second-order valence-corrected chi connectivity index (χ2v) is 2.50. The van der Waals surface area contributed by atoms with Crippen molar-refractivity contribution in [1.82, 2.24) is 0 Å². The van der Waals surface area contributed by atoms with Crippen molar-refractivity contribution >= 4 is 13.1 Å². The highest BCUT2D eigenvalue weighted by Crippen LogP contribution is 2.06. The smallest absolute Gasteiger partial charge is 0.418 e. The minimum absolute atomic E-state index is 1.21. The summed E-state index contributed by atoms with van der Waals surface area (Å²) in [5.41, 5.74) is 1.21. The Kier molecular flexibility index (Phi) is 6.71. The number of rotatable bonds is 0. The molecule has 0 aliphatic carbocycles. The highest BCUT2D eigenvalue weighted by atomic mass is 19.5. The van der Waals surface area contributed by atoms with Gasteiger partial charge in [-0.1, -0.05) is 0 Å². The molecule has 0 aliphatic heterocycles. The van der Waals surface area contributed by atoms with Gasteiger partial charge in [0, 0.05) is 5.57 Å². The maximum absolute atomic E-state index is 9.75. The van der Waals surface area contributed by atoms with Crippen LogP contribution in [0.15, 0.2) is 5.57 Å². The first-order valence-corrected chi connectivity index (χ1v) is 3.24. The molecule has 72 valence electrons. The summed E-state index contributed by atoms with van der Waals surface area (Å²) in [4.78, 5) is 0. The Morgan fingerprint density at radius 2 is 1.33 bits per heavy atom. The van der Waals surface area contributed by atoms with Crippen LogP contribution in [-0.2, 0) is 0 Å². The first-order valence-electron chi connectivity index (χ1n) is 3.24. The van der Waals surface area contributed by atoms with Crippen molar-refractivity contribution in [1.29, 1.82) is 0 Å². The highest BCUT2D eigenvalue weighted by molar-refractivity contribution is 6.50. The average molecular weight is 185 g/mol. The summed E-state index contributed by atoms with van der Waals surface area (Å²) in [6.45, 7) is 4.06. The Morgan fingerprint density at radius 3 is 1.33 bits per heavy atom. The fraction of sp³-hybridized carbons (Fsp3) is 0.667. The lowest BCUT2D eigenvalue weighted by atomic mass is 10.3. The van der Waals surface area contributed by atoms with Crippen LogP contribution in [0.1, 0.15) is 13.8 Å². The number of hydrogen-bond donors (Lipinski definition) is 0. The van der Waals surface area contributed by atoms with E-state index in [1.165, 1.54) is 5.57 Å². The molecule has 6 heteroatoms. The SMILES string of the molecule is CC(C)=C=[N+](C)C.F[B-](F)(F)F. The van der Waals surface area contributed by atoms with Crippen LogP contribution in [0.4, 0.5) is 17.3 Å². The number of halogens is 4. The van der Waals surface area contributed by atoms with Crippen molar-refractivity contribution in [3.63, 3.8) is 0 Å². The van der Waals surface area contributed by atoms with E-state index in [4.69, 9.17) is 0 Å². The number of hydrogen-bond acceptors (Lipinski definition) is 0. The summed E-state index contributed by atoms with van der Waals surface area (Å²) in [6, 6.07) is 0. The molecule has 0 fully saturated rings. The topological polar surface area (TPSA) is 3.01 Å². The molecular formula is C6H12BF4N. The molecule has 0 spiro atoms. The van der Waals surface area contributed by atoms with Crippen LogP contribution in [-0.4, -0.2) is 31.8 Å². The number of allylic oxidation sites excluding steroid dienone is 1. The van der Waals surface area contributed by atoms with Gasteiger partial charge in [0.1, 0.15) is 14.1 Å². The van der Waals surface area contributed by atoms with Gasteiger partial charge < -0.3 is 17.3 Å². The van der Waals surface area contributed by atoms with E-state index in [0.29, 0.717) is 0 Å². The third kappa shape index (κ3) is 59.8. The zero-order valence-electron chi connectivity index (χ0n) is 7.54. The zero-order valence-corrected chi connectivity index (χ0v) is 7.54. The molecule has 0 atom stereocenters. The molecular weight excluding hydrogens is 173 g/mol. The van der Waals surface area contributed by atoms with E-state index < -0.39 is 7.25 Å². The van der Waals surface area contributed by atoms with Gasteiger partial charge in [-0.2, -0.15) is 4.58 Å². The predicted molar refractivity (Wildman–Crippen MR) is 42.2 cm³/mol. The van der Waals surface area contributed by atoms with Crippen LogP contribution in [0.5, 0.6) is 0 Å². The molecule has 0 heterocycles. The second kappa shape index (κ2) is 5.83. The standard InChI is InChI=1S/C6H12N.BF4/c1-6(2)5-7(3)4;2-1(3,4)5/h1-4H3;/q+1;-1. The molecule has 0 unspecified atom stereocenters. The molecule has 0 aromatic carbocycles. The lowest BCUT2D eigenvalue weighted by Crippen LogP contribution is -2.02. The average Bonchev–Trinajstić information content (AvgIpc) is 1.52. The molecule has 0 aromatic rings. The highest BCUT2D eigenvalue weighted by Gasteiger charge is 2.20. The summed E-state index contributed by atoms with van der Waals surface area (Å²) in [5, 5.41) is 0. The predicted octanol–water partition coefficient (Wildman–Crippen LogP) is 2.19. The quantitative estimate of drug-likeness (QED) is 0.235. The van der Waals surface area contributed by atoms with Crippen molar-refractivity contribution in [3.05, 3.63) is 5.57 Å². The van der Waals surface area contributed by atoms with Gasteiger partial charge in [0.15, 0.2) is 5.87 Å². The van der Waals surface area contributed by atoms with Gasteiger partial charge in [-0.3, -0.25) is 0 Å². The summed E-state index contributed by atoms with van der Waals surface area (Å²) >= 11 is 0. The summed E-state index contributed by atoms with van der Waals surface area (Å²) in [5.74, 6) is 3.06. The Balaban J connectivity index is 0.